The van der Waals surface area contributed by atoms with Crippen LogP contribution in [-0.4, -0.2) is 44.4 Å². The summed E-state index contributed by atoms with van der Waals surface area (Å²) in [6, 6.07) is 6.11. The van der Waals surface area contributed by atoms with Gasteiger partial charge in [0.25, 0.3) is 5.56 Å². The van der Waals surface area contributed by atoms with E-state index in [0.717, 1.165) is 5.56 Å². The second-order valence-corrected chi connectivity index (χ2v) is 8.14. The Labute approximate surface area is 187 Å². The molecule has 32 heavy (non-hydrogen) atoms. The van der Waals surface area contributed by atoms with Crippen molar-refractivity contribution in [3.8, 4) is 11.3 Å². The van der Waals surface area contributed by atoms with Crippen molar-refractivity contribution in [1.82, 2.24) is 24.7 Å². The Morgan fingerprint density at radius 3 is 2.88 bits per heavy atom. The van der Waals surface area contributed by atoms with Gasteiger partial charge in [-0.15, -0.1) is 0 Å². The number of ether oxygens (including phenoxy) is 1. The minimum Gasteiger partial charge on any atom is -0.370 e. The number of nitrogens with one attached hydrogen (secondary N) is 1. The molecule has 164 valence electrons. The molecule has 5 rings (SSSR count). The first-order valence-corrected chi connectivity index (χ1v) is 10.5. The lowest BCUT2D eigenvalue weighted by atomic mass is 10.1. The molecule has 0 spiro atoms. The van der Waals surface area contributed by atoms with Gasteiger partial charge in [0.05, 0.1) is 29.4 Å². The van der Waals surface area contributed by atoms with Gasteiger partial charge in [0.15, 0.2) is 0 Å². The maximum Gasteiger partial charge on any atom is 0.263 e. The molecule has 1 N–H and O–H groups in total. The molecule has 1 saturated heterocycles. The van der Waals surface area contributed by atoms with Crippen molar-refractivity contribution in [3.05, 3.63) is 69.2 Å². The van der Waals surface area contributed by atoms with Crippen LogP contribution in [0.1, 0.15) is 17.5 Å². The number of morpholine rings is 1. The van der Waals surface area contributed by atoms with E-state index in [0.29, 0.717) is 36.9 Å². The fraction of sp³-hybridized carbons (Fsp3) is 0.273. The first kappa shape index (κ1) is 20.6. The number of aromatic nitrogens is 5. The monoisotopic (exact) mass is 454 g/mol. The number of rotatable bonds is 3. The van der Waals surface area contributed by atoms with Crippen molar-refractivity contribution in [1.29, 1.82) is 0 Å². The third-order valence-electron chi connectivity index (χ3n) is 5.74. The Morgan fingerprint density at radius 2 is 2.12 bits per heavy atom. The van der Waals surface area contributed by atoms with Crippen molar-refractivity contribution >= 4 is 28.3 Å². The van der Waals surface area contributed by atoms with Crippen LogP contribution in [0.4, 0.5) is 10.2 Å². The van der Waals surface area contributed by atoms with E-state index in [4.69, 9.17) is 21.3 Å². The summed E-state index contributed by atoms with van der Waals surface area (Å²) in [5.74, 6) is 0.601. The summed E-state index contributed by atoms with van der Waals surface area (Å²) >= 11 is 5.95. The first-order chi connectivity index (χ1) is 15.4. The predicted octanol–water partition coefficient (Wildman–Crippen LogP) is 3.40. The normalized spacial score (nSPS) is 16.6. The maximum absolute atomic E-state index is 14.9. The summed E-state index contributed by atoms with van der Waals surface area (Å²) in [4.78, 5) is 24.5. The molecule has 10 heteroatoms. The number of pyridine rings is 1. The maximum atomic E-state index is 14.9. The molecule has 8 nitrogen and oxygen atoms in total. The lowest BCUT2D eigenvalue weighted by molar-refractivity contribution is 0.0395. The molecule has 1 atom stereocenters. The number of hydrogen-bond acceptors (Lipinski definition) is 6. The van der Waals surface area contributed by atoms with Crippen LogP contribution >= 0.6 is 11.6 Å². The van der Waals surface area contributed by atoms with Gasteiger partial charge >= 0.3 is 0 Å². The third-order valence-corrected chi connectivity index (χ3v) is 5.97. The molecule has 1 aromatic carbocycles. The number of nitrogens with zero attached hydrogens (tertiary/aromatic N) is 5. The third kappa shape index (κ3) is 3.53. The van der Waals surface area contributed by atoms with E-state index >= 15 is 0 Å². The second-order valence-electron chi connectivity index (χ2n) is 7.71. The van der Waals surface area contributed by atoms with E-state index < -0.39 is 5.82 Å². The first-order valence-electron chi connectivity index (χ1n) is 10.1. The summed E-state index contributed by atoms with van der Waals surface area (Å²) < 4.78 is 22.2. The highest BCUT2D eigenvalue weighted by Gasteiger charge is 2.26. The fourth-order valence-corrected chi connectivity index (χ4v) is 4.07. The van der Waals surface area contributed by atoms with Crippen LogP contribution in [0, 0.1) is 12.7 Å². The Balaban J connectivity index is 1.69. The Hall–Kier alpha value is -3.30. The van der Waals surface area contributed by atoms with Crippen LogP contribution in [0.15, 0.2) is 41.5 Å². The molecular weight excluding hydrogens is 435 g/mol. The smallest absolute Gasteiger partial charge is 0.263 e. The van der Waals surface area contributed by atoms with Crippen molar-refractivity contribution in [3.63, 3.8) is 0 Å². The van der Waals surface area contributed by atoms with Gasteiger partial charge in [-0.25, -0.2) is 14.4 Å². The summed E-state index contributed by atoms with van der Waals surface area (Å²) in [5.41, 5.74) is 1.55. The van der Waals surface area contributed by atoms with Crippen LogP contribution in [0.2, 0.25) is 5.02 Å². The number of hydrogen-bond donors (Lipinski definition) is 1. The van der Waals surface area contributed by atoms with E-state index in [1.165, 1.54) is 16.7 Å². The van der Waals surface area contributed by atoms with Crippen LogP contribution in [0.3, 0.4) is 0 Å². The molecule has 0 saturated carbocycles. The molecule has 1 aliphatic heterocycles. The Kier molecular flexibility index (Phi) is 5.15. The van der Waals surface area contributed by atoms with Crippen molar-refractivity contribution in [2.75, 3.05) is 24.6 Å². The van der Waals surface area contributed by atoms with E-state index in [1.54, 1.807) is 38.5 Å². The molecule has 3 aromatic heterocycles. The quantitative estimate of drug-likeness (QED) is 0.510. The Morgan fingerprint density at radius 1 is 1.28 bits per heavy atom. The lowest BCUT2D eigenvalue weighted by Crippen LogP contribution is -2.39. The zero-order valence-electron chi connectivity index (χ0n) is 17.5. The highest BCUT2D eigenvalue weighted by molar-refractivity contribution is 6.30. The minimum absolute atomic E-state index is 0.186. The zero-order valence-corrected chi connectivity index (χ0v) is 18.2. The fourth-order valence-electron chi connectivity index (χ4n) is 3.92. The molecule has 0 unspecified atom stereocenters. The van der Waals surface area contributed by atoms with E-state index in [9.17, 15) is 9.18 Å². The minimum atomic E-state index is -0.552. The van der Waals surface area contributed by atoms with E-state index in [-0.39, 0.29) is 33.3 Å². The van der Waals surface area contributed by atoms with Crippen LogP contribution in [0.5, 0.6) is 0 Å². The van der Waals surface area contributed by atoms with Gasteiger partial charge in [-0.05, 0) is 25.1 Å². The number of H-pyrrole nitrogens is 1. The number of benzene rings is 1. The van der Waals surface area contributed by atoms with Crippen molar-refractivity contribution in [2.45, 2.75) is 13.0 Å². The molecule has 0 aliphatic carbocycles. The molecule has 1 aliphatic rings. The van der Waals surface area contributed by atoms with Crippen molar-refractivity contribution < 1.29 is 9.13 Å². The standard InChI is InChI=1S/C22H20ClFN6O2/c1-12-27-17-8-19(30-5-6-32-18(11-30)13-9-25-26-10-13)28-21(20(17)22(31)29(12)2)15-4-3-14(23)7-16(15)24/h3-4,7-10,18H,5-6,11H2,1-2H3,(H,25,26)/t18-/m0/s1. The van der Waals surface area contributed by atoms with Gasteiger partial charge in [0.1, 0.15) is 23.6 Å². The summed E-state index contributed by atoms with van der Waals surface area (Å²) in [6.07, 6.45) is 3.34. The highest BCUT2D eigenvalue weighted by Crippen LogP contribution is 2.32. The van der Waals surface area contributed by atoms with Gasteiger partial charge < -0.3 is 9.64 Å². The topological polar surface area (TPSA) is 88.9 Å². The molecule has 1 fully saturated rings. The SMILES string of the molecule is Cc1nc2cc(N3CCO[C@H](c4cn[nH]c4)C3)nc(-c3ccc(Cl)cc3F)c2c(=O)n1C. The average Bonchev–Trinajstić information content (AvgIpc) is 3.32. The molecule has 4 aromatic rings. The number of fused-ring (bicyclic) bond motifs is 1. The molecule has 0 bridgehead atoms. The van der Waals surface area contributed by atoms with Crippen LogP contribution in [-0.2, 0) is 11.8 Å². The van der Waals surface area contributed by atoms with Gasteiger partial charge in [-0.1, -0.05) is 11.6 Å². The molecule has 4 heterocycles. The van der Waals surface area contributed by atoms with E-state index in [2.05, 4.69) is 15.2 Å². The largest absolute Gasteiger partial charge is 0.370 e. The average molecular weight is 455 g/mol. The number of anilines is 1. The lowest BCUT2D eigenvalue weighted by Gasteiger charge is -2.33. The summed E-state index contributed by atoms with van der Waals surface area (Å²) in [7, 11) is 1.64. The van der Waals surface area contributed by atoms with Gasteiger partial charge in [-0.2, -0.15) is 5.10 Å². The van der Waals surface area contributed by atoms with Crippen LogP contribution < -0.4 is 10.5 Å². The second kappa shape index (κ2) is 7.99. The molecule has 0 amide bonds. The van der Waals surface area contributed by atoms with Crippen LogP contribution in [0.25, 0.3) is 22.2 Å². The van der Waals surface area contributed by atoms with Crippen molar-refractivity contribution in [2.24, 2.45) is 7.05 Å². The summed E-state index contributed by atoms with van der Waals surface area (Å²) in [6.45, 7) is 3.38. The number of aromatic amines is 1. The zero-order chi connectivity index (χ0) is 22.4. The van der Waals surface area contributed by atoms with E-state index in [1.807, 2.05) is 4.90 Å². The van der Waals surface area contributed by atoms with Gasteiger partial charge in [-0.3, -0.25) is 14.5 Å². The van der Waals surface area contributed by atoms with Gasteiger partial charge in [0, 0.05) is 48.5 Å². The van der Waals surface area contributed by atoms with Gasteiger partial charge in [0.2, 0.25) is 0 Å². The summed E-state index contributed by atoms with van der Waals surface area (Å²) in [5, 5.41) is 7.33. The molecule has 0 radical (unpaired) electrons. The Bertz CT molecular complexity index is 1370. The number of halogens is 2. The predicted molar refractivity (Wildman–Crippen MR) is 119 cm³/mol. The number of aryl methyl sites for hydroxylation is 1. The molecular formula is C22H20ClFN6O2. The highest BCUT2D eigenvalue weighted by atomic mass is 35.5.